The second-order valence-electron chi connectivity index (χ2n) is 8.83. The Morgan fingerprint density at radius 1 is 1.11 bits per heavy atom. The number of amides is 3. The number of carbonyl (C=O) groups is 3. The lowest BCUT2D eigenvalue weighted by Crippen LogP contribution is -2.48. The minimum absolute atomic E-state index is 0.0735. The predicted molar refractivity (Wildman–Crippen MR) is 144 cm³/mol. The number of H-pyrrole nitrogens is 1. The maximum atomic E-state index is 12.9. The molecule has 2 heterocycles. The number of para-hydroxylation sites is 2. The van der Waals surface area contributed by atoms with E-state index in [2.05, 4.69) is 15.6 Å². The summed E-state index contributed by atoms with van der Waals surface area (Å²) in [6.45, 7) is 1.40. The van der Waals surface area contributed by atoms with Crippen molar-refractivity contribution in [1.29, 1.82) is 0 Å². The van der Waals surface area contributed by atoms with Crippen LogP contribution in [0.3, 0.4) is 0 Å². The molecule has 1 atom stereocenters. The zero-order valence-electron chi connectivity index (χ0n) is 20.3. The SMILES string of the molecule is NCCCNC(=O)C(Cc1c[nH]c2ccccc12)NC(=O)CCCN1C(=O)CCSc2ccccc21. The molecule has 0 saturated heterocycles. The summed E-state index contributed by atoms with van der Waals surface area (Å²) >= 11 is 1.68. The third-order valence-corrected chi connectivity index (χ3v) is 7.31. The molecule has 0 radical (unpaired) electrons. The summed E-state index contributed by atoms with van der Waals surface area (Å²) in [4.78, 5) is 44.6. The first-order valence-corrected chi connectivity index (χ1v) is 13.4. The van der Waals surface area contributed by atoms with E-state index < -0.39 is 6.04 Å². The summed E-state index contributed by atoms with van der Waals surface area (Å²) in [5.41, 5.74) is 8.41. The van der Waals surface area contributed by atoms with E-state index in [4.69, 9.17) is 5.73 Å². The van der Waals surface area contributed by atoms with Gasteiger partial charge in [0.2, 0.25) is 17.7 Å². The van der Waals surface area contributed by atoms with Gasteiger partial charge in [-0.05, 0) is 43.1 Å². The lowest BCUT2D eigenvalue weighted by atomic mass is 10.0. The average molecular weight is 508 g/mol. The van der Waals surface area contributed by atoms with Crippen molar-refractivity contribution in [2.24, 2.45) is 5.73 Å². The van der Waals surface area contributed by atoms with E-state index in [0.717, 1.165) is 32.8 Å². The summed E-state index contributed by atoms with van der Waals surface area (Å²) < 4.78 is 0. The maximum absolute atomic E-state index is 12.9. The van der Waals surface area contributed by atoms with Gasteiger partial charge >= 0.3 is 0 Å². The van der Waals surface area contributed by atoms with Crippen molar-refractivity contribution in [1.82, 2.24) is 15.6 Å². The lowest BCUT2D eigenvalue weighted by molar-refractivity contribution is -0.129. The van der Waals surface area contributed by atoms with Gasteiger partial charge < -0.3 is 26.3 Å². The number of aromatic nitrogens is 1. The molecule has 1 unspecified atom stereocenters. The number of hydrogen-bond acceptors (Lipinski definition) is 5. The van der Waals surface area contributed by atoms with Gasteiger partial charge in [-0.3, -0.25) is 14.4 Å². The summed E-state index contributed by atoms with van der Waals surface area (Å²) in [6, 6.07) is 15.1. The Balaban J connectivity index is 1.38. The first kappa shape index (κ1) is 25.8. The molecule has 0 aliphatic carbocycles. The second-order valence-corrected chi connectivity index (χ2v) is 9.97. The van der Waals surface area contributed by atoms with Gasteiger partial charge in [0.05, 0.1) is 5.69 Å². The Kier molecular flexibility index (Phi) is 9.02. The number of hydrogen-bond donors (Lipinski definition) is 4. The minimum Gasteiger partial charge on any atom is -0.361 e. The highest BCUT2D eigenvalue weighted by atomic mass is 32.2. The summed E-state index contributed by atoms with van der Waals surface area (Å²) in [7, 11) is 0. The second kappa shape index (κ2) is 12.6. The van der Waals surface area contributed by atoms with Crippen LogP contribution in [0.25, 0.3) is 10.9 Å². The molecular weight excluding hydrogens is 474 g/mol. The fourth-order valence-corrected chi connectivity index (χ4v) is 5.39. The highest BCUT2D eigenvalue weighted by Gasteiger charge is 2.24. The van der Waals surface area contributed by atoms with Crippen molar-refractivity contribution in [3.05, 3.63) is 60.3 Å². The van der Waals surface area contributed by atoms with Gasteiger partial charge in [-0.15, -0.1) is 11.8 Å². The zero-order valence-corrected chi connectivity index (χ0v) is 21.1. The Morgan fingerprint density at radius 3 is 2.78 bits per heavy atom. The molecule has 3 amide bonds. The Bertz CT molecular complexity index is 1210. The molecule has 1 aliphatic rings. The molecule has 2 aromatic carbocycles. The number of carbonyl (C=O) groups excluding carboxylic acids is 3. The molecule has 8 nitrogen and oxygen atoms in total. The van der Waals surface area contributed by atoms with Crippen LogP contribution in [-0.4, -0.2) is 54.1 Å². The van der Waals surface area contributed by atoms with Gasteiger partial charge in [0.1, 0.15) is 6.04 Å². The van der Waals surface area contributed by atoms with Crippen LogP contribution in [0, 0.1) is 0 Å². The number of anilines is 1. The number of nitrogens with zero attached hydrogens (tertiary/aromatic N) is 1. The standard InChI is InChI=1S/C27H33N5O3S/c28-13-6-14-29-27(35)22(17-19-18-30-21-8-2-1-7-20(19)21)31-25(33)11-5-15-32-23-9-3-4-10-24(23)36-16-12-26(32)34/h1-4,7-10,18,22,30H,5-6,11-17,28H2,(H,29,35)(H,31,33). The van der Waals surface area contributed by atoms with Crippen LogP contribution in [0.1, 0.15) is 31.2 Å². The van der Waals surface area contributed by atoms with E-state index in [0.29, 0.717) is 45.3 Å². The lowest BCUT2D eigenvalue weighted by Gasteiger charge is -2.23. The fourth-order valence-electron chi connectivity index (χ4n) is 4.40. The van der Waals surface area contributed by atoms with Crippen LogP contribution in [0.15, 0.2) is 59.6 Å². The highest BCUT2D eigenvalue weighted by Crippen LogP contribution is 2.34. The van der Waals surface area contributed by atoms with Gasteiger partial charge in [-0.1, -0.05) is 30.3 Å². The van der Waals surface area contributed by atoms with Crippen LogP contribution in [0.2, 0.25) is 0 Å². The van der Waals surface area contributed by atoms with Gasteiger partial charge in [0, 0.05) is 60.1 Å². The number of rotatable bonds is 11. The molecule has 5 N–H and O–H groups in total. The average Bonchev–Trinajstić information content (AvgIpc) is 3.22. The molecule has 0 bridgehead atoms. The largest absolute Gasteiger partial charge is 0.361 e. The normalized spacial score (nSPS) is 14.2. The van der Waals surface area contributed by atoms with Crippen molar-refractivity contribution in [3.8, 4) is 0 Å². The van der Waals surface area contributed by atoms with Gasteiger partial charge in [0.15, 0.2) is 0 Å². The Labute approximate surface area is 215 Å². The number of benzene rings is 2. The van der Waals surface area contributed by atoms with Crippen LogP contribution in [-0.2, 0) is 20.8 Å². The van der Waals surface area contributed by atoms with E-state index in [9.17, 15) is 14.4 Å². The number of fused-ring (bicyclic) bond motifs is 2. The molecule has 0 spiro atoms. The molecule has 0 saturated carbocycles. The molecule has 190 valence electrons. The van der Waals surface area contributed by atoms with Crippen molar-refractivity contribution < 1.29 is 14.4 Å². The number of nitrogens with two attached hydrogens (primary N) is 1. The molecule has 1 aromatic heterocycles. The number of thioether (sulfide) groups is 1. The molecule has 1 aliphatic heterocycles. The highest BCUT2D eigenvalue weighted by molar-refractivity contribution is 7.99. The molecule has 36 heavy (non-hydrogen) atoms. The molecule has 9 heteroatoms. The first-order valence-electron chi connectivity index (χ1n) is 12.4. The van der Waals surface area contributed by atoms with E-state index in [1.54, 1.807) is 16.7 Å². The predicted octanol–water partition coefficient (Wildman–Crippen LogP) is 2.97. The van der Waals surface area contributed by atoms with Crippen molar-refractivity contribution in [3.63, 3.8) is 0 Å². The Morgan fingerprint density at radius 2 is 1.92 bits per heavy atom. The van der Waals surface area contributed by atoms with Gasteiger partial charge in [-0.2, -0.15) is 0 Å². The molecule has 0 fully saturated rings. The van der Waals surface area contributed by atoms with Crippen LogP contribution in [0.5, 0.6) is 0 Å². The van der Waals surface area contributed by atoms with Crippen molar-refractivity contribution >= 4 is 46.1 Å². The van der Waals surface area contributed by atoms with Gasteiger partial charge in [-0.25, -0.2) is 0 Å². The summed E-state index contributed by atoms with van der Waals surface area (Å²) in [6.07, 6.45) is 4.13. The first-order chi connectivity index (χ1) is 17.6. The number of aromatic amines is 1. The van der Waals surface area contributed by atoms with Crippen LogP contribution in [0.4, 0.5) is 5.69 Å². The van der Waals surface area contributed by atoms with Gasteiger partial charge in [0.25, 0.3) is 0 Å². The third-order valence-electron chi connectivity index (χ3n) is 6.25. The maximum Gasteiger partial charge on any atom is 0.242 e. The summed E-state index contributed by atoms with van der Waals surface area (Å²) in [5.74, 6) is 0.389. The smallest absolute Gasteiger partial charge is 0.242 e. The quantitative estimate of drug-likeness (QED) is 0.298. The van der Waals surface area contributed by atoms with Crippen molar-refractivity contribution in [2.75, 3.05) is 30.3 Å². The van der Waals surface area contributed by atoms with E-state index in [1.165, 1.54) is 0 Å². The van der Waals surface area contributed by atoms with E-state index in [-0.39, 0.29) is 24.1 Å². The number of nitrogens with one attached hydrogen (secondary N) is 3. The summed E-state index contributed by atoms with van der Waals surface area (Å²) in [5, 5.41) is 6.84. The van der Waals surface area contributed by atoms with Crippen LogP contribution >= 0.6 is 11.8 Å². The molecule has 3 aromatic rings. The molecular formula is C27H33N5O3S. The zero-order chi connectivity index (χ0) is 25.3. The monoisotopic (exact) mass is 507 g/mol. The topological polar surface area (TPSA) is 120 Å². The third kappa shape index (κ3) is 6.47. The Hall–Kier alpha value is -3.30. The van der Waals surface area contributed by atoms with E-state index >= 15 is 0 Å². The molecule has 4 rings (SSSR count). The fraction of sp³-hybridized carbons (Fsp3) is 0.370. The minimum atomic E-state index is -0.702. The van der Waals surface area contributed by atoms with Crippen LogP contribution < -0.4 is 21.3 Å². The van der Waals surface area contributed by atoms with Crippen molar-refractivity contribution in [2.45, 2.75) is 43.0 Å². The van der Waals surface area contributed by atoms with E-state index in [1.807, 2.05) is 54.7 Å².